The number of fused-ring (bicyclic) bond motifs is 1. The van der Waals surface area contributed by atoms with Crippen LogP contribution < -0.4 is 0 Å². The van der Waals surface area contributed by atoms with Gasteiger partial charge in [-0.3, -0.25) is 0 Å². The number of allylic oxidation sites excluding steroid dienone is 1. The van der Waals surface area contributed by atoms with Gasteiger partial charge in [-0.15, -0.1) is 0 Å². The molecule has 1 aliphatic carbocycles. The molecule has 0 nitrogen and oxygen atoms in total. The van der Waals surface area contributed by atoms with Crippen molar-refractivity contribution in [1.82, 2.24) is 0 Å². The third kappa shape index (κ3) is 1.16. The monoisotopic (exact) mass is 219 g/mol. The Balaban J connectivity index is 2.58. The summed E-state index contributed by atoms with van der Waals surface area (Å²) < 4.78 is 0.721. The van der Waals surface area contributed by atoms with Crippen LogP contribution in [0.1, 0.15) is 21.7 Å². The molecule has 0 radical (unpaired) electrons. The van der Waals surface area contributed by atoms with Gasteiger partial charge in [0.15, 0.2) is 0 Å². The minimum absolute atomic E-state index is 0.721. The first-order chi connectivity index (χ1) is 5.29. The van der Waals surface area contributed by atoms with E-state index >= 15 is 0 Å². The molecule has 1 heteroatoms. The van der Waals surface area contributed by atoms with Crippen LogP contribution in [-0.2, 0) is 24.7 Å². The zero-order chi connectivity index (χ0) is 7.84. The van der Waals surface area contributed by atoms with Gasteiger partial charge in [0, 0.05) is 0 Å². The quantitative estimate of drug-likeness (QED) is 0.630. The third-order valence-electron chi connectivity index (χ3n) is 2.15. The van der Waals surface area contributed by atoms with E-state index in [9.17, 15) is 0 Å². The SMILES string of the molecule is CC1=Cc2ccccc2[CH]1[Zr]. The van der Waals surface area contributed by atoms with Gasteiger partial charge in [0.1, 0.15) is 0 Å². The molecule has 1 aromatic carbocycles. The van der Waals surface area contributed by atoms with Crippen molar-refractivity contribution in [3.05, 3.63) is 41.0 Å². The summed E-state index contributed by atoms with van der Waals surface area (Å²) in [6, 6.07) is 8.67. The molecule has 53 valence electrons. The van der Waals surface area contributed by atoms with Crippen LogP contribution in [0.15, 0.2) is 29.8 Å². The maximum atomic E-state index is 2.30. The Kier molecular flexibility index (Phi) is 1.85. The number of hydrogen-bond donors (Lipinski definition) is 0. The first-order valence-corrected chi connectivity index (χ1v) is 5.19. The Labute approximate surface area is 82.2 Å². The summed E-state index contributed by atoms with van der Waals surface area (Å²) in [6.45, 7) is 2.22. The van der Waals surface area contributed by atoms with Gasteiger partial charge in [0.25, 0.3) is 0 Å². The maximum absolute atomic E-state index is 2.30. The fourth-order valence-electron chi connectivity index (χ4n) is 1.48. The van der Waals surface area contributed by atoms with Crippen molar-refractivity contribution in [2.45, 2.75) is 10.5 Å². The number of rotatable bonds is 0. The van der Waals surface area contributed by atoms with E-state index in [0.29, 0.717) is 0 Å². The molecule has 0 aliphatic heterocycles. The van der Waals surface area contributed by atoms with E-state index in [-0.39, 0.29) is 0 Å². The molecule has 0 fully saturated rings. The van der Waals surface area contributed by atoms with Gasteiger partial charge in [-0.2, -0.15) is 0 Å². The summed E-state index contributed by atoms with van der Waals surface area (Å²) >= 11 is 1.60. The first kappa shape index (κ1) is 7.49. The minimum atomic E-state index is 0.721. The van der Waals surface area contributed by atoms with Crippen LogP contribution in [0.2, 0.25) is 0 Å². The Hall–Kier alpha value is -0.157. The summed E-state index contributed by atoms with van der Waals surface area (Å²) in [5, 5.41) is 0. The van der Waals surface area contributed by atoms with Gasteiger partial charge >= 0.3 is 82.3 Å². The molecule has 0 saturated heterocycles. The Bertz CT molecular complexity index is 312. The summed E-state index contributed by atoms with van der Waals surface area (Å²) in [6.07, 6.45) is 2.30. The van der Waals surface area contributed by atoms with Crippen LogP contribution in [0.4, 0.5) is 0 Å². The second kappa shape index (κ2) is 2.71. The number of benzene rings is 1. The zero-order valence-electron chi connectivity index (χ0n) is 6.46. The van der Waals surface area contributed by atoms with Gasteiger partial charge in [-0.1, -0.05) is 0 Å². The third-order valence-corrected chi connectivity index (χ3v) is 4.03. The second-order valence-electron chi connectivity index (χ2n) is 2.95. The van der Waals surface area contributed by atoms with Crippen LogP contribution in [0, 0.1) is 0 Å². The molecule has 1 aromatic rings. The van der Waals surface area contributed by atoms with Crippen molar-refractivity contribution in [2.75, 3.05) is 0 Å². The fourth-order valence-corrected chi connectivity index (χ4v) is 2.33. The molecule has 0 bridgehead atoms. The van der Waals surface area contributed by atoms with Crippen molar-refractivity contribution in [2.24, 2.45) is 0 Å². The van der Waals surface area contributed by atoms with Crippen molar-refractivity contribution >= 4 is 6.08 Å². The first-order valence-electron chi connectivity index (χ1n) is 3.77. The van der Waals surface area contributed by atoms with Gasteiger partial charge in [0.2, 0.25) is 0 Å². The van der Waals surface area contributed by atoms with E-state index < -0.39 is 0 Å². The Morgan fingerprint density at radius 1 is 1.27 bits per heavy atom. The van der Waals surface area contributed by atoms with Crippen LogP contribution in [0.25, 0.3) is 6.08 Å². The standard InChI is InChI=1S/C10H9.Zr/c1-8-6-9-4-2-3-5-10(9)7-8;/h2-7H,1H3;. The van der Waals surface area contributed by atoms with Crippen LogP contribution >= 0.6 is 0 Å². The average Bonchev–Trinajstić information content (AvgIpc) is 2.30. The van der Waals surface area contributed by atoms with E-state index in [1.165, 1.54) is 16.7 Å². The average molecular weight is 220 g/mol. The zero-order valence-corrected chi connectivity index (χ0v) is 8.92. The van der Waals surface area contributed by atoms with E-state index in [0.717, 1.165) is 3.63 Å². The van der Waals surface area contributed by atoms with Gasteiger partial charge in [-0.05, 0) is 0 Å². The molecular formula is C10H9Zr. The van der Waals surface area contributed by atoms with Crippen LogP contribution in [-0.4, -0.2) is 0 Å². The predicted octanol–water partition coefficient (Wildman–Crippen LogP) is 2.69. The molecule has 1 aliphatic rings. The van der Waals surface area contributed by atoms with E-state index in [1.807, 2.05) is 0 Å². The summed E-state index contributed by atoms with van der Waals surface area (Å²) in [4.78, 5) is 0. The number of hydrogen-bond acceptors (Lipinski definition) is 0. The molecule has 1 unspecified atom stereocenters. The summed E-state index contributed by atoms with van der Waals surface area (Å²) in [5.74, 6) is 0. The summed E-state index contributed by atoms with van der Waals surface area (Å²) in [5.41, 5.74) is 4.46. The molecule has 2 rings (SSSR count). The molecule has 0 N–H and O–H groups in total. The van der Waals surface area contributed by atoms with E-state index in [2.05, 4.69) is 37.3 Å². The van der Waals surface area contributed by atoms with Crippen molar-refractivity contribution in [3.63, 3.8) is 0 Å². The van der Waals surface area contributed by atoms with Crippen molar-refractivity contribution in [1.29, 1.82) is 0 Å². The Morgan fingerprint density at radius 2 is 2.00 bits per heavy atom. The summed E-state index contributed by atoms with van der Waals surface area (Å²) in [7, 11) is 0. The van der Waals surface area contributed by atoms with Gasteiger partial charge < -0.3 is 0 Å². The molecule has 1 atom stereocenters. The van der Waals surface area contributed by atoms with E-state index in [1.54, 1.807) is 24.7 Å². The normalized spacial score (nSPS) is 21.1. The molecular weight excluding hydrogens is 211 g/mol. The molecule has 11 heavy (non-hydrogen) atoms. The van der Waals surface area contributed by atoms with E-state index in [4.69, 9.17) is 0 Å². The van der Waals surface area contributed by atoms with Gasteiger partial charge in [0.05, 0.1) is 0 Å². The van der Waals surface area contributed by atoms with Crippen molar-refractivity contribution in [3.8, 4) is 0 Å². The van der Waals surface area contributed by atoms with Crippen LogP contribution in [0.3, 0.4) is 0 Å². The second-order valence-corrected chi connectivity index (χ2v) is 4.37. The van der Waals surface area contributed by atoms with Crippen LogP contribution in [0.5, 0.6) is 0 Å². The molecule has 0 aromatic heterocycles. The molecule has 0 saturated carbocycles. The molecule has 0 amide bonds. The predicted molar refractivity (Wildman–Crippen MR) is 42.8 cm³/mol. The topological polar surface area (TPSA) is 0 Å². The molecule has 0 spiro atoms. The molecule has 0 heterocycles. The van der Waals surface area contributed by atoms with Gasteiger partial charge in [-0.25, -0.2) is 0 Å². The fraction of sp³-hybridized carbons (Fsp3) is 0.200. The van der Waals surface area contributed by atoms with Crippen molar-refractivity contribution < 1.29 is 24.7 Å². The Morgan fingerprint density at radius 3 is 2.73 bits per heavy atom.